The Kier molecular flexibility index (Phi) is 8.46. The maximum Gasteiger partial charge on any atom is 0.249 e. The summed E-state index contributed by atoms with van der Waals surface area (Å²) in [5.74, 6) is -0.647. The molecule has 7 nitrogen and oxygen atoms in total. The zero-order valence-electron chi connectivity index (χ0n) is 19.7. The van der Waals surface area contributed by atoms with Gasteiger partial charge in [-0.05, 0) is 36.1 Å². The number of nitrogens with zero attached hydrogens (tertiary/aromatic N) is 2. The second-order valence-corrected chi connectivity index (χ2v) is 11.0. The Labute approximate surface area is 208 Å². The number of ketones is 1. The molecule has 0 unspecified atom stereocenters. The van der Waals surface area contributed by atoms with Gasteiger partial charge in [0.05, 0.1) is 10.9 Å². The van der Waals surface area contributed by atoms with Gasteiger partial charge in [-0.2, -0.15) is 0 Å². The minimum absolute atomic E-state index is 0.219. The third-order valence-electron chi connectivity index (χ3n) is 5.12. The van der Waals surface area contributed by atoms with Crippen LogP contribution in [0.5, 0.6) is 0 Å². The molecule has 0 aliphatic heterocycles. The fourth-order valence-electron chi connectivity index (χ4n) is 3.23. The first kappa shape index (κ1) is 25.9. The average molecular weight is 499 g/mol. The maximum absolute atomic E-state index is 13.3. The van der Waals surface area contributed by atoms with Gasteiger partial charge in [-0.25, -0.2) is 9.97 Å². The lowest BCUT2D eigenvalue weighted by atomic mass is 9.88. The molecule has 2 atom stereocenters. The number of hydrogen-bond donors (Lipinski definition) is 3. The minimum atomic E-state index is -1.23. The largest absolute Gasteiger partial charge is 0.383 e. The first-order valence-corrected chi connectivity index (χ1v) is 12.7. The number of carbonyl (C=O) groups is 2. The van der Waals surface area contributed by atoms with Crippen LogP contribution in [0.2, 0.25) is 0 Å². The lowest BCUT2D eigenvalue weighted by Crippen LogP contribution is -2.49. The molecule has 2 aromatic heterocycles. The normalized spacial score (nSPS) is 13.3. The van der Waals surface area contributed by atoms with Crippen molar-refractivity contribution >= 4 is 40.6 Å². The Bertz CT molecular complexity index is 1140. The van der Waals surface area contributed by atoms with Gasteiger partial charge in [0.15, 0.2) is 5.01 Å². The summed E-state index contributed by atoms with van der Waals surface area (Å²) in [6, 6.07) is 12.8. The number of nitrogen functional groups attached to an aromatic ring is 1. The number of thiazole rings is 1. The van der Waals surface area contributed by atoms with Gasteiger partial charge in [0.25, 0.3) is 0 Å². The topological polar surface area (TPSA) is 118 Å². The zero-order chi connectivity index (χ0) is 24.9. The second-order valence-electron chi connectivity index (χ2n) is 8.99. The number of amides is 1. The van der Waals surface area contributed by atoms with E-state index in [0.717, 1.165) is 15.5 Å². The number of pyridine rings is 1. The fraction of sp³-hybridized carbons (Fsp3) is 0.360. The van der Waals surface area contributed by atoms with Crippen molar-refractivity contribution in [2.75, 3.05) is 5.73 Å². The molecule has 0 fully saturated rings. The molecule has 1 amide bonds. The Balaban J connectivity index is 1.87. The smallest absolute Gasteiger partial charge is 0.249 e. The molecule has 0 aliphatic rings. The van der Waals surface area contributed by atoms with E-state index in [1.54, 1.807) is 27.0 Å². The van der Waals surface area contributed by atoms with Gasteiger partial charge in [-0.3, -0.25) is 9.59 Å². The monoisotopic (exact) mass is 498 g/mol. The van der Waals surface area contributed by atoms with Crippen molar-refractivity contribution < 1.29 is 14.7 Å². The highest BCUT2D eigenvalue weighted by atomic mass is 32.2. The molecule has 1 aromatic carbocycles. The zero-order valence-corrected chi connectivity index (χ0v) is 21.4. The van der Waals surface area contributed by atoms with Gasteiger partial charge in [0, 0.05) is 16.7 Å². The Morgan fingerprint density at radius 2 is 1.88 bits per heavy atom. The number of anilines is 1. The predicted octanol–water partition coefficient (Wildman–Crippen LogP) is 4.81. The number of Topliss-reactive ketones (excluding diaryl/α,β-unsaturated/α-hetero) is 1. The number of aliphatic hydroxyl groups is 1. The highest BCUT2D eigenvalue weighted by Gasteiger charge is 2.33. The van der Waals surface area contributed by atoms with E-state index in [2.05, 4.69) is 15.3 Å². The van der Waals surface area contributed by atoms with Crippen LogP contribution in [0.15, 0.2) is 58.6 Å². The van der Waals surface area contributed by atoms with E-state index < -0.39 is 23.5 Å². The van der Waals surface area contributed by atoms with Crippen LogP contribution in [0.25, 0.3) is 10.4 Å². The van der Waals surface area contributed by atoms with Gasteiger partial charge >= 0.3 is 0 Å². The van der Waals surface area contributed by atoms with Crippen LogP contribution in [-0.2, 0) is 4.79 Å². The fourth-order valence-corrected chi connectivity index (χ4v) is 5.21. The minimum Gasteiger partial charge on any atom is -0.383 e. The van der Waals surface area contributed by atoms with Crippen molar-refractivity contribution in [2.45, 2.75) is 62.6 Å². The molecule has 34 heavy (non-hydrogen) atoms. The highest BCUT2D eigenvalue weighted by molar-refractivity contribution is 7.99. The van der Waals surface area contributed by atoms with Crippen molar-refractivity contribution in [1.29, 1.82) is 0 Å². The van der Waals surface area contributed by atoms with E-state index in [1.807, 2.05) is 49.4 Å². The van der Waals surface area contributed by atoms with E-state index in [9.17, 15) is 14.7 Å². The van der Waals surface area contributed by atoms with Crippen LogP contribution in [0.1, 0.15) is 50.3 Å². The molecule has 0 bridgehead atoms. The van der Waals surface area contributed by atoms with Gasteiger partial charge in [-0.15, -0.1) is 11.3 Å². The summed E-state index contributed by atoms with van der Waals surface area (Å²) in [7, 11) is 0. The number of nitrogens with two attached hydrogens (primary N) is 1. The van der Waals surface area contributed by atoms with Crippen LogP contribution >= 0.6 is 23.1 Å². The number of nitrogens with one attached hydrogen (secondary N) is 1. The molecule has 3 rings (SSSR count). The van der Waals surface area contributed by atoms with Crippen LogP contribution in [-0.4, -0.2) is 38.9 Å². The van der Waals surface area contributed by atoms with E-state index in [0.29, 0.717) is 17.7 Å². The molecule has 0 radical (unpaired) electrons. The molecule has 0 saturated heterocycles. The van der Waals surface area contributed by atoms with Gasteiger partial charge < -0.3 is 16.2 Å². The summed E-state index contributed by atoms with van der Waals surface area (Å²) in [5, 5.41) is 14.0. The summed E-state index contributed by atoms with van der Waals surface area (Å²) >= 11 is 2.69. The number of benzene rings is 1. The molecule has 0 saturated carbocycles. The summed E-state index contributed by atoms with van der Waals surface area (Å²) in [4.78, 5) is 36.4. The molecular formula is C25H30N4O3S2. The van der Waals surface area contributed by atoms with Gasteiger partial charge in [0.2, 0.25) is 11.7 Å². The molecule has 9 heteroatoms. The lowest BCUT2D eigenvalue weighted by Gasteiger charge is -2.26. The number of rotatable bonds is 9. The molecule has 4 N–H and O–H groups in total. The summed E-state index contributed by atoms with van der Waals surface area (Å²) < 4.78 is 0. The SMILES string of the molecule is CCC[C@H](NC(=O)[C@@H](O)C(C)(C)C)C(=O)c1nc(N)c(-c2cccnc2Sc2ccccc2)s1. The first-order chi connectivity index (χ1) is 16.1. The van der Waals surface area contributed by atoms with E-state index in [-0.39, 0.29) is 16.6 Å². The Hall–Kier alpha value is -2.75. The van der Waals surface area contributed by atoms with Crippen molar-refractivity contribution in [3.8, 4) is 10.4 Å². The molecule has 2 heterocycles. The van der Waals surface area contributed by atoms with Gasteiger partial charge in [-0.1, -0.05) is 64.1 Å². The average Bonchev–Trinajstić information content (AvgIpc) is 3.19. The molecule has 0 aliphatic carbocycles. The summed E-state index contributed by atoms with van der Waals surface area (Å²) in [5.41, 5.74) is 6.39. The van der Waals surface area contributed by atoms with Crippen molar-refractivity contribution in [3.63, 3.8) is 0 Å². The number of hydrogen-bond acceptors (Lipinski definition) is 8. The van der Waals surface area contributed by atoms with Crippen LogP contribution in [0.4, 0.5) is 5.82 Å². The molecular weight excluding hydrogens is 468 g/mol. The van der Waals surface area contributed by atoms with Crippen molar-refractivity contribution in [3.05, 3.63) is 53.7 Å². The second kappa shape index (κ2) is 11.1. The third-order valence-corrected chi connectivity index (χ3v) is 7.26. The number of aliphatic hydroxyl groups excluding tert-OH is 1. The number of aromatic nitrogens is 2. The van der Waals surface area contributed by atoms with Crippen LogP contribution < -0.4 is 11.1 Å². The van der Waals surface area contributed by atoms with Gasteiger partial charge in [0.1, 0.15) is 16.9 Å². The van der Waals surface area contributed by atoms with Crippen LogP contribution in [0.3, 0.4) is 0 Å². The Morgan fingerprint density at radius 1 is 1.18 bits per heavy atom. The lowest BCUT2D eigenvalue weighted by molar-refractivity contribution is -0.135. The first-order valence-electron chi connectivity index (χ1n) is 11.1. The summed E-state index contributed by atoms with van der Waals surface area (Å²) in [6.07, 6.45) is 1.59. The van der Waals surface area contributed by atoms with E-state index >= 15 is 0 Å². The molecule has 180 valence electrons. The van der Waals surface area contributed by atoms with Crippen LogP contribution in [0, 0.1) is 5.41 Å². The highest BCUT2D eigenvalue weighted by Crippen LogP contribution is 2.40. The number of carbonyl (C=O) groups excluding carboxylic acids is 2. The van der Waals surface area contributed by atoms with E-state index in [1.165, 1.54) is 23.1 Å². The molecule has 3 aromatic rings. The Morgan fingerprint density at radius 3 is 2.53 bits per heavy atom. The quantitative estimate of drug-likeness (QED) is 0.362. The standard InChI is InChI=1S/C25H30N4O3S2/c1-5-10-17(28-22(32)20(31)25(2,3)4)18(30)24-29-21(26)19(34-24)16-13-9-14-27-23(16)33-15-11-7-6-8-12-15/h6-9,11-14,17,20,31H,5,10,26H2,1-4H3,(H,28,32)/t17-,20+/m0/s1. The maximum atomic E-state index is 13.3. The van der Waals surface area contributed by atoms with Crippen molar-refractivity contribution in [1.82, 2.24) is 15.3 Å². The third kappa shape index (κ3) is 6.22. The predicted molar refractivity (Wildman–Crippen MR) is 137 cm³/mol. The summed E-state index contributed by atoms with van der Waals surface area (Å²) in [6.45, 7) is 7.22. The van der Waals surface area contributed by atoms with E-state index in [4.69, 9.17) is 5.73 Å². The van der Waals surface area contributed by atoms with Crippen molar-refractivity contribution in [2.24, 2.45) is 5.41 Å². The molecule has 0 spiro atoms.